The van der Waals surface area contributed by atoms with Gasteiger partial charge in [0, 0.05) is 5.56 Å². The molecule has 1 aromatic heterocycles. The molecule has 0 saturated carbocycles. The molecule has 3 rings (SSSR count). The number of aromatic amines is 1. The highest BCUT2D eigenvalue weighted by Gasteiger charge is 2.37. The monoisotopic (exact) mass is 648 g/mol. The summed E-state index contributed by atoms with van der Waals surface area (Å²) in [5.41, 5.74) is -3.33. The topological polar surface area (TPSA) is 123 Å². The molecule has 0 bridgehead atoms. The van der Waals surface area contributed by atoms with Gasteiger partial charge in [-0.2, -0.15) is 13.2 Å². The average molecular weight is 649 g/mol. The molecule has 0 radical (unpaired) electrons. The van der Waals surface area contributed by atoms with Crippen molar-refractivity contribution in [2.45, 2.75) is 98.7 Å². The van der Waals surface area contributed by atoms with Crippen LogP contribution >= 0.6 is 0 Å². The number of rotatable bonds is 7. The van der Waals surface area contributed by atoms with E-state index in [0.717, 1.165) is 17.0 Å². The molecule has 46 heavy (non-hydrogen) atoms. The normalized spacial score (nSPS) is 13.9. The molecule has 2 amide bonds. The Hall–Kier alpha value is -4.29. The molecular weight excluding hydrogens is 605 g/mol. The number of anilines is 1. The molecule has 0 aliphatic carbocycles. The van der Waals surface area contributed by atoms with E-state index in [-0.39, 0.29) is 24.7 Å². The first-order valence-electron chi connectivity index (χ1n) is 14.7. The second-order valence-corrected chi connectivity index (χ2v) is 14.3. The van der Waals surface area contributed by atoms with Gasteiger partial charge in [0.1, 0.15) is 17.8 Å². The van der Waals surface area contributed by atoms with Crippen LogP contribution in [-0.2, 0) is 37.3 Å². The number of amides is 2. The Kier molecular flexibility index (Phi) is 10.1. The van der Waals surface area contributed by atoms with Gasteiger partial charge in [-0.3, -0.25) is 4.79 Å². The third-order valence-electron chi connectivity index (χ3n) is 6.48. The molecule has 3 aromatic rings. The second-order valence-electron chi connectivity index (χ2n) is 14.3. The third kappa shape index (κ3) is 9.60. The zero-order valence-electron chi connectivity index (χ0n) is 27.9. The number of H-pyrrole nitrogens is 1. The van der Waals surface area contributed by atoms with Crippen LogP contribution in [0.3, 0.4) is 0 Å². The molecule has 13 heteroatoms. The van der Waals surface area contributed by atoms with Gasteiger partial charge in [0.15, 0.2) is 0 Å². The molecule has 0 spiro atoms. The number of benzene rings is 2. The first-order chi connectivity index (χ1) is 20.9. The summed E-state index contributed by atoms with van der Waals surface area (Å²) in [4.78, 5) is 47.5. The van der Waals surface area contributed by atoms with Crippen LogP contribution in [0.4, 0.5) is 28.7 Å². The molecule has 0 fully saturated rings. The van der Waals surface area contributed by atoms with Crippen LogP contribution in [0.2, 0.25) is 0 Å². The molecule has 1 heterocycles. The highest BCUT2D eigenvalue weighted by Crippen LogP contribution is 2.34. The quantitative estimate of drug-likeness (QED) is 0.194. The Labute approximate surface area is 267 Å². The number of imide groups is 1. The molecule has 1 unspecified atom stereocenters. The summed E-state index contributed by atoms with van der Waals surface area (Å²) in [6, 6.07) is 9.81. The van der Waals surface area contributed by atoms with Crippen molar-refractivity contribution in [2.24, 2.45) is 5.41 Å². The minimum absolute atomic E-state index is 0.148. The van der Waals surface area contributed by atoms with Crippen LogP contribution in [0.15, 0.2) is 42.5 Å². The largest absolute Gasteiger partial charge is 0.462 e. The van der Waals surface area contributed by atoms with Crippen molar-refractivity contribution < 1.29 is 41.8 Å². The lowest BCUT2D eigenvalue weighted by atomic mass is 9.91. The number of para-hydroxylation sites is 1. The van der Waals surface area contributed by atoms with Gasteiger partial charge in [0.05, 0.1) is 34.1 Å². The van der Waals surface area contributed by atoms with E-state index in [2.05, 4.69) is 15.3 Å². The van der Waals surface area contributed by atoms with E-state index in [9.17, 15) is 27.6 Å². The van der Waals surface area contributed by atoms with Gasteiger partial charge in [0.2, 0.25) is 5.95 Å². The fourth-order valence-electron chi connectivity index (χ4n) is 4.20. The summed E-state index contributed by atoms with van der Waals surface area (Å²) in [6.07, 6.45) is -6.42. The number of nitrogens with one attached hydrogen (secondary N) is 2. The van der Waals surface area contributed by atoms with Crippen molar-refractivity contribution in [3.05, 3.63) is 59.2 Å². The molecule has 1 atom stereocenters. The van der Waals surface area contributed by atoms with E-state index >= 15 is 0 Å². The highest BCUT2D eigenvalue weighted by atomic mass is 19.4. The van der Waals surface area contributed by atoms with E-state index in [1.54, 1.807) is 87.4 Å². The summed E-state index contributed by atoms with van der Waals surface area (Å²) in [5, 5.41) is 3.13. The summed E-state index contributed by atoms with van der Waals surface area (Å²) in [7, 11) is 0. The van der Waals surface area contributed by atoms with Gasteiger partial charge in [0.25, 0.3) is 0 Å². The average Bonchev–Trinajstić information content (AvgIpc) is 3.30. The zero-order chi connectivity index (χ0) is 34.9. The number of imidazole rings is 1. The Bertz CT molecular complexity index is 1550. The Morgan fingerprint density at radius 3 is 1.89 bits per heavy atom. The Morgan fingerprint density at radius 2 is 1.37 bits per heavy atom. The van der Waals surface area contributed by atoms with Crippen molar-refractivity contribution in [1.82, 2.24) is 14.9 Å². The summed E-state index contributed by atoms with van der Waals surface area (Å²) in [6.45, 7) is 16.1. The number of hydrogen-bond acceptors (Lipinski definition) is 8. The van der Waals surface area contributed by atoms with E-state index < -0.39 is 52.1 Å². The lowest BCUT2D eigenvalue weighted by Gasteiger charge is -2.32. The summed E-state index contributed by atoms with van der Waals surface area (Å²) < 4.78 is 57.4. The molecule has 0 aliphatic heterocycles. The van der Waals surface area contributed by atoms with Crippen molar-refractivity contribution in [3.63, 3.8) is 0 Å². The molecule has 2 N–H and O–H groups in total. The SMILES string of the molecule is CC(C)(C)OC(=O)N(Cc1cccc2[nH]c(NC(C)(COC(=O)C(C)(C)C)c3cccc(C(F)(F)F)c3)nc12)C(=O)OC(C)(C)C. The zero-order valence-corrected chi connectivity index (χ0v) is 27.9. The molecule has 252 valence electrons. The summed E-state index contributed by atoms with van der Waals surface area (Å²) in [5.74, 6) is -0.390. The molecule has 10 nitrogen and oxygen atoms in total. The van der Waals surface area contributed by atoms with Gasteiger partial charge in [-0.25, -0.2) is 19.5 Å². The van der Waals surface area contributed by atoms with Gasteiger partial charge in [-0.1, -0.05) is 24.3 Å². The van der Waals surface area contributed by atoms with Crippen LogP contribution in [0.1, 0.15) is 85.9 Å². The van der Waals surface area contributed by atoms with E-state index in [0.29, 0.717) is 16.6 Å². The predicted octanol–water partition coefficient (Wildman–Crippen LogP) is 8.17. The standard InChI is InChI=1S/C33H43F3N4O6/c1-29(2,3)25(41)44-19-32(10,21-14-12-15-22(17-21)33(34,35)36)39-26-37-23-16-11-13-20(24(23)38-26)18-40(27(42)45-30(4,5)6)28(43)46-31(7,8)9/h11-17H,18-19H2,1-10H3,(H2,37,38,39). The minimum atomic E-state index is -4.60. The number of ether oxygens (including phenoxy) is 3. The van der Waals surface area contributed by atoms with Crippen LogP contribution in [0.25, 0.3) is 11.0 Å². The second kappa shape index (κ2) is 12.8. The molecule has 2 aromatic carbocycles. The lowest BCUT2D eigenvalue weighted by molar-refractivity contribution is -0.154. The summed E-state index contributed by atoms with van der Waals surface area (Å²) >= 11 is 0. The van der Waals surface area contributed by atoms with Crippen LogP contribution in [0, 0.1) is 5.41 Å². The number of carbonyl (C=O) groups is 3. The van der Waals surface area contributed by atoms with Gasteiger partial charge >= 0.3 is 24.3 Å². The van der Waals surface area contributed by atoms with Crippen LogP contribution in [0.5, 0.6) is 0 Å². The van der Waals surface area contributed by atoms with Crippen molar-refractivity contribution >= 4 is 35.1 Å². The van der Waals surface area contributed by atoms with E-state index in [1.165, 1.54) is 12.1 Å². The predicted molar refractivity (Wildman–Crippen MR) is 167 cm³/mol. The van der Waals surface area contributed by atoms with Gasteiger partial charge in [-0.05, 0) is 93.0 Å². The maximum absolute atomic E-state index is 13.6. The van der Waals surface area contributed by atoms with Crippen LogP contribution < -0.4 is 5.32 Å². The number of fused-ring (bicyclic) bond motifs is 1. The number of alkyl halides is 3. The Balaban J connectivity index is 2.04. The van der Waals surface area contributed by atoms with Crippen molar-refractivity contribution in [1.29, 1.82) is 0 Å². The van der Waals surface area contributed by atoms with E-state index in [4.69, 9.17) is 14.2 Å². The molecule has 0 aliphatic rings. The molecule has 0 saturated heterocycles. The fourth-order valence-corrected chi connectivity index (χ4v) is 4.20. The Morgan fingerprint density at radius 1 is 0.826 bits per heavy atom. The van der Waals surface area contributed by atoms with Gasteiger partial charge in [-0.15, -0.1) is 0 Å². The number of carbonyl (C=O) groups excluding carboxylic acids is 3. The number of halogens is 3. The first-order valence-corrected chi connectivity index (χ1v) is 14.7. The maximum Gasteiger partial charge on any atom is 0.420 e. The maximum atomic E-state index is 13.6. The molecular formula is C33H43F3N4O6. The number of aromatic nitrogens is 2. The number of esters is 1. The lowest BCUT2D eigenvalue weighted by Crippen LogP contribution is -2.43. The van der Waals surface area contributed by atoms with E-state index in [1.807, 2.05) is 0 Å². The first kappa shape index (κ1) is 36.2. The van der Waals surface area contributed by atoms with Crippen molar-refractivity contribution in [3.8, 4) is 0 Å². The fraction of sp³-hybridized carbons (Fsp3) is 0.515. The number of nitrogens with zero attached hydrogens (tertiary/aromatic N) is 2. The minimum Gasteiger partial charge on any atom is -0.462 e. The van der Waals surface area contributed by atoms with Crippen molar-refractivity contribution in [2.75, 3.05) is 11.9 Å². The van der Waals surface area contributed by atoms with Crippen LogP contribution in [-0.4, -0.2) is 50.8 Å². The highest BCUT2D eigenvalue weighted by molar-refractivity contribution is 5.89. The smallest absolute Gasteiger partial charge is 0.420 e. The van der Waals surface area contributed by atoms with Gasteiger partial charge < -0.3 is 24.5 Å². The third-order valence-corrected chi connectivity index (χ3v) is 6.48. The number of hydrogen-bond donors (Lipinski definition) is 2.